The van der Waals surface area contributed by atoms with Gasteiger partial charge >= 0.3 is 5.97 Å². The van der Waals surface area contributed by atoms with Gasteiger partial charge in [-0.3, -0.25) is 4.89 Å². The van der Waals surface area contributed by atoms with Crippen LogP contribution in [-0.4, -0.2) is 18.7 Å². The Morgan fingerprint density at radius 1 is 1.09 bits per heavy atom. The summed E-state index contributed by atoms with van der Waals surface area (Å²) in [5.41, 5.74) is 0.807. The van der Waals surface area contributed by atoms with Crippen LogP contribution in [0.1, 0.15) is 63.7 Å². The Morgan fingerprint density at radius 2 is 1.70 bits per heavy atom. The minimum atomic E-state index is -0.453. The average molecular weight is 320 g/mol. The fraction of sp³-hybridized carbons (Fsp3) is 0.632. The summed E-state index contributed by atoms with van der Waals surface area (Å²) in [4.78, 5) is 22.4. The van der Waals surface area contributed by atoms with Gasteiger partial charge < -0.3 is 4.74 Å². The lowest BCUT2D eigenvalue weighted by atomic mass is 9.72. The topological polar surface area (TPSA) is 44.8 Å². The van der Waals surface area contributed by atoms with E-state index in [1.165, 1.54) is 0 Å². The minimum Gasteiger partial charge on any atom is -0.494 e. The fourth-order valence-corrected chi connectivity index (χ4v) is 3.04. The van der Waals surface area contributed by atoms with Crippen molar-refractivity contribution < 1.29 is 19.3 Å². The maximum atomic E-state index is 12.0. The van der Waals surface area contributed by atoms with Crippen LogP contribution in [-0.2, 0) is 9.78 Å². The van der Waals surface area contributed by atoms with Crippen molar-refractivity contribution in [3.05, 3.63) is 29.8 Å². The summed E-state index contributed by atoms with van der Waals surface area (Å²) in [6, 6.07) is 6.89. The third kappa shape index (κ3) is 5.24. The molecular weight excluding hydrogens is 292 g/mol. The van der Waals surface area contributed by atoms with Gasteiger partial charge in [0.15, 0.2) is 0 Å². The number of carbonyl (C=O) groups is 1. The van der Waals surface area contributed by atoms with E-state index in [9.17, 15) is 4.79 Å². The highest BCUT2D eigenvalue weighted by Crippen LogP contribution is 2.38. The van der Waals surface area contributed by atoms with E-state index in [2.05, 4.69) is 20.8 Å². The van der Waals surface area contributed by atoms with Crippen molar-refractivity contribution in [2.45, 2.75) is 59.5 Å². The Labute approximate surface area is 139 Å². The van der Waals surface area contributed by atoms with E-state index in [1.54, 1.807) is 24.3 Å². The Balaban J connectivity index is 1.77. The maximum absolute atomic E-state index is 12.0. The van der Waals surface area contributed by atoms with E-state index in [0.717, 1.165) is 31.4 Å². The summed E-state index contributed by atoms with van der Waals surface area (Å²) in [6.07, 6.45) is 4.14. The van der Waals surface area contributed by atoms with E-state index in [1.807, 2.05) is 6.92 Å². The molecule has 0 atom stereocenters. The lowest BCUT2D eigenvalue weighted by Gasteiger charge is -2.36. The van der Waals surface area contributed by atoms with Gasteiger partial charge in [0.1, 0.15) is 11.9 Å². The van der Waals surface area contributed by atoms with Crippen LogP contribution in [0, 0.1) is 11.3 Å². The molecule has 2 rings (SSSR count). The quantitative estimate of drug-likeness (QED) is 0.578. The first-order valence-corrected chi connectivity index (χ1v) is 8.50. The molecule has 1 aliphatic rings. The monoisotopic (exact) mass is 320 g/mol. The first kappa shape index (κ1) is 17.8. The average Bonchev–Trinajstić information content (AvgIpc) is 2.53. The Kier molecular flexibility index (Phi) is 6.05. The first-order chi connectivity index (χ1) is 10.9. The molecule has 0 heterocycles. The van der Waals surface area contributed by atoms with Crippen molar-refractivity contribution in [2.75, 3.05) is 6.61 Å². The largest absolute Gasteiger partial charge is 0.494 e. The lowest BCUT2D eigenvalue weighted by molar-refractivity contribution is -0.281. The smallest absolute Gasteiger partial charge is 0.373 e. The second-order valence-corrected chi connectivity index (χ2v) is 7.26. The number of hydrogen-bond acceptors (Lipinski definition) is 4. The molecule has 4 heteroatoms. The van der Waals surface area contributed by atoms with Crippen molar-refractivity contribution in [3.8, 4) is 5.75 Å². The van der Waals surface area contributed by atoms with Crippen LogP contribution in [0.2, 0.25) is 0 Å². The highest BCUT2D eigenvalue weighted by molar-refractivity contribution is 5.89. The zero-order valence-corrected chi connectivity index (χ0v) is 14.6. The zero-order valence-electron chi connectivity index (χ0n) is 14.6. The van der Waals surface area contributed by atoms with Gasteiger partial charge in [-0.1, -0.05) is 20.8 Å². The molecule has 0 saturated heterocycles. The molecule has 1 aromatic rings. The number of hydrogen-bond donors (Lipinski definition) is 0. The van der Waals surface area contributed by atoms with Crippen LogP contribution in [0.5, 0.6) is 5.75 Å². The van der Waals surface area contributed by atoms with Crippen LogP contribution >= 0.6 is 0 Å². The second-order valence-electron chi connectivity index (χ2n) is 7.26. The molecule has 0 aliphatic heterocycles. The van der Waals surface area contributed by atoms with Gasteiger partial charge in [0.25, 0.3) is 0 Å². The summed E-state index contributed by atoms with van der Waals surface area (Å²) >= 11 is 0. The highest BCUT2D eigenvalue weighted by atomic mass is 17.2. The fourth-order valence-electron chi connectivity index (χ4n) is 3.04. The van der Waals surface area contributed by atoms with Crippen molar-refractivity contribution >= 4 is 5.97 Å². The standard InChI is InChI=1S/C19H28O4/c1-5-21-16-10-6-14(7-11-16)18(20)23-22-17-12-8-15(9-13-17)19(2,3)4/h6-7,10-11,15,17H,5,8-9,12-13H2,1-4H3. The zero-order chi connectivity index (χ0) is 16.9. The first-order valence-electron chi connectivity index (χ1n) is 8.50. The van der Waals surface area contributed by atoms with Crippen LogP contribution in [0.3, 0.4) is 0 Å². The summed E-state index contributed by atoms with van der Waals surface area (Å²) in [5.74, 6) is 1.00. The van der Waals surface area contributed by atoms with Crippen LogP contribution in [0.25, 0.3) is 0 Å². The highest BCUT2D eigenvalue weighted by Gasteiger charge is 2.31. The molecule has 0 aromatic heterocycles. The predicted octanol–water partition coefficient (Wildman–Crippen LogP) is 4.78. The van der Waals surface area contributed by atoms with Gasteiger partial charge in [-0.05, 0) is 68.2 Å². The second kappa shape index (κ2) is 7.82. The van der Waals surface area contributed by atoms with Gasteiger partial charge in [0.2, 0.25) is 0 Å². The molecule has 0 bridgehead atoms. The molecule has 1 aromatic carbocycles. The van der Waals surface area contributed by atoms with Crippen LogP contribution < -0.4 is 4.74 Å². The van der Waals surface area contributed by atoms with Crippen molar-refractivity contribution in [3.63, 3.8) is 0 Å². The normalized spacial score (nSPS) is 21.7. The van der Waals surface area contributed by atoms with E-state index in [4.69, 9.17) is 14.5 Å². The molecule has 0 spiro atoms. The van der Waals surface area contributed by atoms with Crippen LogP contribution in [0.15, 0.2) is 24.3 Å². The van der Waals surface area contributed by atoms with Gasteiger partial charge in [-0.2, -0.15) is 4.89 Å². The molecule has 0 amide bonds. The number of rotatable bonds is 5. The molecule has 23 heavy (non-hydrogen) atoms. The van der Waals surface area contributed by atoms with Crippen molar-refractivity contribution in [1.82, 2.24) is 0 Å². The van der Waals surface area contributed by atoms with Crippen molar-refractivity contribution in [2.24, 2.45) is 11.3 Å². The van der Waals surface area contributed by atoms with Crippen molar-refractivity contribution in [1.29, 1.82) is 0 Å². The Hall–Kier alpha value is -1.55. The SMILES string of the molecule is CCOc1ccc(C(=O)OOC2CCC(C(C)(C)C)CC2)cc1. The molecule has 4 nitrogen and oxygen atoms in total. The molecule has 1 fully saturated rings. The van der Waals surface area contributed by atoms with Gasteiger partial charge in [0.05, 0.1) is 12.2 Å². The third-order valence-electron chi connectivity index (χ3n) is 4.56. The van der Waals surface area contributed by atoms with Gasteiger partial charge in [0, 0.05) is 0 Å². The predicted molar refractivity (Wildman–Crippen MR) is 89.3 cm³/mol. The molecule has 128 valence electrons. The number of benzene rings is 1. The van der Waals surface area contributed by atoms with Crippen LogP contribution in [0.4, 0.5) is 0 Å². The lowest BCUT2D eigenvalue weighted by Crippen LogP contribution is -2.29. The van der Waals surface area contributed by atoms with E-state index >= 15 is 0 Å². The Bertz CT molecular complexity index is 493. The summed E-state index contributed by atoms with van der Waals surface area (Å²) in [6.45, 7) is 9.37. The minimum absolute atomic E-state index is 0.0141. The maximum Gasteiger partial charge on any atom is 0.373 e. The van der Waals surface area contributed by atoms with Gasteiger partial charge in [-0.15, -0.1) is 0 Å². The summed E-state index contributed by atoms with van der Waals surface area (Å²) < 4.78 is 5.35. The Morgan fingerprint density at radius 3 is 2.22 bits per heavy atom. The molecule has 0 radical (unpaired) electrons. The molecular formula is C19H28O4. The molecule has 1 aliphatic carbocycles. The summed E-state index contributed by atoms with van der Waals surface area (Å²) in [7, 11) is 0. The molecule has 1 saturated carbocycles. The third-order valence-corrected chi connectivity index (χ3v) is 4.56. The van der Waals surface area contributed by atoms with E-state index in [0.29, 0.717) is 23.5 Å². The number of ether oxygens (including phenoxy) is 1. The van der Waals surface area contributed by atoms with Gasteiger partial charge in [-0.25, -0.2) is 4.79 Å². The van der Waals surface area contributed by atoms with E-state index in [-0.39, 0.29) is 6.10 Å². The molecule has 0 unspecified atom stereocenters. The summed E-state index contributed by atoms with van der Waals surface area (Å²) in [5, 5.41) is 0. The molecule has 0 N–H and O–H groups in total. The van der Waals surface area contributed by atoms with E-state index < -0.39 is 5.97 Å². The number of carbonyl (C=O) groups excluding carboxylic acids is 1.